The Hall–Kier alpha value is -0.570. The van der Waals surface area contributed by atoms with Gasteiger partial charge < -0.3 is 10.0 Å². The van der Waals surface area contributed by atoms with Crippen LogP contribution in [-0.4, -0.2) is 35.1 Å². The van der Waals surface area contributed by atoms with Gasteiger partial charge in [0.1, 0.15) is 0 Å². The second kappa shape index (κ2) is 4.61. The zero-order valence-corrected chi connectivity index (χ0v) is 8.49. The first-order chi connectivity index (χ1) is 6.15. The number of carboxylic acid groups (broad SMARTS) is 1. The normalized spacial score (nSPS) is 30.3. The molecule has 1 heterocycles. The zero-order valence-electron chi connectivity index (χ0n) is 8.49. The molecular formula is C10H19NO2. The number of hydrogen-bond acceptors (Lipinski definition) is 2. The lowest BCUT2D eigenvalue weighted by Gasteiger charge is -2.38. The molecule has 1 rings (SSSR count). The summed E-state index contributed by atoms with van der Waals surface area (Å²) in [6, 6.07) is 0.440. The van der Waals surface area contributed by atoms with Gasteiger partial charge in [0.05, 0.1) is 0 Å². The van der Waals surface area contributed by atoms with Gasteiger partial charge in [-0.2, -0.15) is 0 Å². The fourth-order valence-corrected chi connectivity index (χ4v) is 2.24. The molecule has 1 fully saturated rings. The van der Waals surface area contributed by atoms with E-state index in [1.165, 1.54) is 0 Å². The average molecular weight is 185 g/mol. The van der Waals surface area contributed by atoms with Crippen molar-refractivity contribution < 1.29 is 9.90 Å². The molecule has 3 nitrogen and oxygen atoms in total. The minimum absolute atomic E-state index is 0.331. The van der Waals surface area contributed by atoms with Gasteiger partial charge in [-0.1, -0.05) is 6.92 Å². The number of piperidine rings is 1. The third kappa shape index (κ3) is 2.69. The van der Waals surface area contributed by atoms with E-state index >= 15 is 0 Å². The second-order valence-corrected chi connectivity index (χ2v) is 3.87. The molecule has 0 amide bonds. The smallest absolute Gasteiger partial charge is 0.303 e. The van der Waals surface area contributed by atoms with Gasteiger partial charge in [-0.05, 0) is 38.8 Å². The van der Waals surface area contributed by atoms with E-state index in [0.29, 0.717) is 18.4 Å². The summed E-state index contributed by atoms with van der Waals surface area (Å²) >= 11 is 0. The van der Waals surface area contributed by atoms with E-state index in [-0.39, 0.29) is 0 Å². The van der Waals surface area contributed by atoms with Crippen molar-refractivity contribution in [1.82, 2.24) is 4.90 Å². The zero-order chi connectivity index (χ0) is 9.84. The number of likely N-dealkylation sites (tertiary alicyclic amines) is 1. The molecule has 2 atom stereocenters. The molecule has 0 spiro atoms. The molecule has 1 saturated heterocycles. The first kappa shape index (κ1) is 10.5. The first-order valence-electron chi connectivity index (χ1n) is 5.11. The van der Waals surface area contributed by atoms with E-state index < -0.39 is 5.97 Å². The van der Waals surface area contributed by atoms with E-state index in [4.69, 9.17) is 5.11 Å². The van der Waals surface area contributed by atoms with Crippen LogP contribution in [-0.2, 0) is 4.79 Å². The highest BCUT2D eigenvalue weighted by molar-refractivity contribution is 5.67. The maximum atomic E-state index is 10.6. The summed E-state index contributed by atoms with van der Waals surface area (Å²) in [6.45, 7) is 6.46. The minimum Gasteiger partial charge on any atom is -0.481 e. The topological polar surface area (TPSA) is 40.5 Å². The lowest BCUT2D eigenvalue weighted by atomic mass is 9.87. The number of carbonyl (C=O) groups is 1. The number of rotatable bonds is 3. The Balaban J connectivity index is 2.49. The van der Waals surface area contributed by atoms with Crippen molar-refractivity contribution in [2.75, 3.05) is 13.1 Å². The lowest BCUT2D eigenvalue weighted by Crippen LogP contribution is -2.43. The monoisotopic (exact) mass is 185 g/mol. The molecule has 0 unspecified atom stereocenters. The first-order valence-corrected chi connectivity index (χ1v) is 5.11. The van der Waals surface area contributed by atoms with Crippen LogP contribution in [0.15, 0.2) is 0 Å². The van der Waals surface area contributed by atoms with Gasteiger partial charge in [0.2, 0.25) is 0 Å². The molecular weight excluding hydrogens is 166 g/mol. The summed E-state index contributed by atoms with van der Waals surface area (Å²) in [5.74, 6) is -0.305. The Morgan fingerprint density at radius 3 is 2.85 bits per heavy atom. The van der Waals surface area contributed by atoms with Crippen LogP contribution in [0.2, 0.25) is 0 Å². The highest BCUT2D eigenvalue weighted by Crippen LogP contribution is 2.25. The van der Waals surface area contributed by atoms with Gasteiger partial charge in [-0.15, -0.1) is 0 Å². The van der Waals surface area contributed by atoms with Gasteiger partial charge in [0, 0.05) is 12.5 Å². The van der Waals surface area contributed by atoms with Gasteiger partial charge in [0.15, 0.2) is 0 Å². The number of carboxylic acids is 1. The summed E-state index contributed by atoms with van der Waals surface area (Å²) in [5, 5.41) is 8.72. The van der Waals surface area contributed by atoms with E-state index in [1.54, 1.807) is 0 Å². The van der Waals surface area contributed by atoms with E-state index in [0.717, 1.165) is 25.9 Å². The molecule has 13 heavy (non-hydrogen) atoms. The van der Waals surface area contributed by atoms with Gasteiger partial charge >= 0.3 is 5.97 Å². The molecule has 0 saturated carbocycles. The van der Waals surface area contributed by atoms with Crippen molar-refractivity contribution in [2.45, 2.75) is 39.2 Å². The third-order valence-corrected chi connectivity index (χ3v) is 3.12. The van der Waals surface area contributed by atoms with Crippen LogP contribution in [0.4, 0.5) is 0 Å². The summed E-state index contributed by atoms with van der Waals surface area (Å²) in [6.07, 6.45) is 2.55. The Morgan fingerprint density at radius 1 is 1.62 bits per heavy atom. The van der Waals surface area contributed by atoms with Crippen LogP contribution in [0.1, 0.15) is 33.1 Å². The van der Waals surface area contributed by atoms with Gasteiger partial charge in [0.25, 0.3) is 0 Å². The third-order valence-electron chi connectivity index (χ3n) is 3.12. The summed E-state index contributed by atoms with van der Waals surface area (Å²) < 4.78 is 0. The second-order valence-electron chi connectivity index (χ2n) is 3.87. The molecule has 0 radical (unpaired) electrons. The standard InChI is InChI=1S/C10H19NO2/c1-3-11-6-4-5-9(8(11)2)7-10(12)13/h8-9H,3-7H2,1-2H3,(H,12,13)/t8-,9-/m1/s1. The predicted octanol–water partition coefficient (Wildman–Crippen LogP) is 1.58. The van der Waals surface area contributed by atoms with Crippen LogP contribution in [0.25, 0.3) is 0 Å². The average Bonchev–Trinajstić information content (AvgIpc) is 2.08. The number of aliphatic carboxylic acids is 1. The lowest BCUT2D eigenvalue weighted by molar-refractivity contribution is -0.139. The quantitative estimate of drug-likeness (QED) is 0.725. The Labute approximate surface area is 79.7 Å². The highest BCUT2D eigenvalue weighted by atomic mass is 16.4. The van der Waals surface area contributed by atoms with Crippen LogP contribution in [0.5, 0.6) is 0 Å². The van der Waals surface area contributed by atoms with Crippen molar-refractivity contribution in [1.29, 1.82) is 0 Å². The van der Waals surface area contributed by atoms with E-state index in [2.05, 4.69) is 18.7 Å². The van der Waals surface area contributed by atoms with Crippen LogP contribution in [0.3, 0.4) is 0 Å². The highest BCUT2D eigenvalue weighted by Gasteiger charge is 2.28. The molecule has 1 aliphatic heterocycles. The van der Waals surface area contributed by atoms with Crippen molar-refractivity contribution in [2.24, 2.45) is 5.92 Å². The summed E-state index contributed by atoms with van der Waals surface area (Å²) in [5.41, 5.74) is 0. The number of hydrogen-bond donors (Lipinski definition) is 1. The van der Waals surface area contributed by atoms with E-state index in [9.17, 15) is 4.79 Å². The fourth-order valence-electron chi connectivity index (χ4n) is 2.24. The molecule has 0 aliphatic carbocycles. The molecule has 0 aromatic carbocycles. The SMILES string of the molecule is CCN1CCC[C@H](CC(=O)O)[C@H]1C. The summed E-state index contributed by atoms with van der Waals surface area (Å²) in [4.78, 5) is 13.0. The van der Waals surface area contributed by atoms with Crippen LogP contribution in [0, 0.1) is 5.92 Å². The van der Waals surface area contributed by atoms with E-state index in [1.807, 2.05) is 0 Å². The number of nitrogens with zero attached hydrogens (tertiary/aromatic N) is 1. The van der Waals surface area contributed by atoms with Gasteiger partial charge in [-0.25, -0.2) is 0 Å². The molecule has 0 aromatic rings. The fraction of sp³-hybridized carbons (Fsp3) is 0.900. The molecule has 0 aromatic heterocycles. The Kier molecular flexibility index (Phi) is 3.72. The predicted molar refractivity (Wildman–Crippen MR) is 51.7 cm³/mol. The Morgan fingerprint density at radius 2 is 2.31 bits per heavy atom. The molecule has 0 bridgehead atoms. The largest absolute Gasteiger partial charge is 0.481 e. The van der Waals surface area contributed by atoms with Crippen molar-refractivity contribution in [3.05, 3.63) is 0 Å². The molecule has 3 heteroatoms. The maximum absolute atomic E-state index is 10.6. The summed E-state index contributed by atoms with van der Waals surface area (Å²) in [7, 11) is 0. The van der Waals surface area contributed by atoms with Crippen molar-refractivity contribution in [3.8, 4) is 0 Å². The van der Waals surface area contributed by atoms with Gasteiger partial charge in [-0.3, -0.25) is 4.79 Å². The molecule has 76 valence electrons. The minimum atomic E-state index is -0.658. The van der Waals surface area contributed by atoms with Crippen LogP contribution >= 0.6 is 0 Å². The van der Waals surface area contributed by atoms with Crippen molar-refractivity contribution in [3.63, 3.8) is 0 Å². The van der Waals surface area contributed by atoms with Crippen LogP contribution < -0.4 is 0 Å². The van der Waals surface area contributed by atoms with Crippen molar-refractivity contribution >= 4 is 5.97 Å². The Bertz CT molecular complexity index is 182. The molecule has 1 aliphatic rings. The molecule has 1 N–H and O–H groups in total. The maximum Gasteiger partial charge on any atom is 0.303 e.